The largest absolute Gasteiger partial charge is 0.303 e. The van der Waals surface area contributed by atoms with Crippen molar-refractivity contribution in [3.8, 4) is 0 Å². The van der Waals surface area contributed by atoms with Crippen LogP contribution in [-0.4, -0.2) is 6.29 Å². The van der Waals surface area contributed by atoms with Crippen molar-refractivity contribution in [3.63, 3.8) is 0 Å². The van der Waals surface area contributed by atoms with E-state index in [0.717, 1.165) is 18.3 Å². The first-order valence-electron chi connectivity index (χ1n) is 3.94. The van der Waals surface area contributed by atoms with Gasteiger partial charge in [-0.2, -0.15) is 0 Å². The van der Waals surface area contributed by atoms with Crippen LogP contribution in [0.15, 0.2) is 23.8 Å². The van der Waals surface area contributed by atoms with Gasteiger partial charge in [0.05, 0.1) is 0 Å². The number of allylic oxidation sites excluding steroid dienone is 3. The fraction of sp³-hybridized carbons (Fsp3) is 0.500. The molecule has 0 unspecified atom stereocenters. The van der Waals surface area contributed by atoms with Gasteiger partial charge in [-0.15, -0.1) is 0 Å². The van der Waals surface area contributed by atoms with Crippen molar-refractivity contribution in [2.24, 2.45) is 11.8 Å². The van der Waals surface area contributed by atoms with Crippen LogP contribution in [0.2, 0.25) is 0 Å². The Balaban J connectivity index is 2.76. The van der Waals surface area contributed by atoms with Crippen molar-refractivity contribution < 1.29 is 4.79 Å². The number of rotatable bonds is 2. The summed E-state index contributed by atoms with van der Waals surface area (Å²) in [6.07, 6.45) is 4.17. The van der Waals surface area contributed by atoms with Crippen LogP contribution in [0.4, 0.5) is 0 Å². The molecule has 0 spiro atoms. The molecule has 1 rings (SSSR count). The van der Waals surface area contributed by atoms with E-state index in [1.807, 2.05) is 13.8 Å². The summed E-state index contributed by atoms with van der Waals surface area (Å²) in [6.45, 7) is 7.89. The smallest absolute Gasteiger partial charge is 0.127 e. The molecule has 0 aromatic carbocycles. The van der Waals surface area contributed by atoms with E-state index in [1.54, 1.807) is 0 Å². The molecular formula is C10H14O. The molecule has 0 aliphatic heterocycles. The summed E-state index contributed by atoms with van der Waals surface area (Å²) < 4.78 is 0. The van der Waals surface area contributed by atoms with E-state index in [1.165, 1.54) is 5.57 Å². The molecule has 0 saturated carbocycles. The lowest BCUT2D eigenvalue weighted by Crippen LogP contribution is -2.12. The number of hydrogen-bond donors (Lipinski definition) is 0. The summed E-state index contributed by atoms with van der Waals surface area (Å²) in [5, 5.41) is 0. The van der Waals surface area contributed by atoms with Crippen LogP contribution in [0.1, 0.15) is 20.3 Å². The van der Waals surface area contributed by atoms with Crippen molar-refractivity contribution in [1.82, 2.24) is 0 Å². The van der Waals surface area contributed by atoms with Gasteiger partial charge in [0.15, 0.2) is 0 Å². The Hall–Kier alpha value is -0.850. The van der Waals surface area contributed by atoms with Crippen LogP contribution in [0.3, 0.4) is 0 Å². The predicted octanol–water partition coefficient (Wildman–Crippen LogP) is 2.34. The average Bonchev–Trinajstić information content (AvgIpc) is 2.30. The van der Waals surface area contributed by atoms with E-state index in [2.05, 4.69) is 12.7 Å². The average molecular weight is 150 g/mol. The molecule has 1 heteroatoms. The molecule has 1 aliphatic rings. The van der Waals surface area contributed by atoms with E-state index < -0.39 is 0 Å². The van der Waals surface area contributed by atoms with Crippen LogP contribution < -0.4 is 0 Å². The van der Waals surface area contributed by atoms with E-state index in [-0.39, 0.29) is 5.92 Å². The van der Waals surface area contributed by atoms with Gasteiger partial charge in [-0.25, -0.2) is 0 Å². The third kappa shape index (κ3) is 1.42. The molecule has 0 aromatic rings. The normalized spacial score (nSPS) is 29.8. The molecule has 0 aromatic heterocycles. The molecule has 1 aliphatic carbocycles. The highest BCUT2D eigenvalue weighted by atomic mass is 16.1. The monoisotopic (exact) mass is 150 g/mol. The fourth-order valence-corrected chi connectivity index (χ4v) is 1.62. The number of aldehydes is 1. The minimum Gasteiger partial charge on any atom is -0.303 e. The Kier molecular flexibility index (Phi) is 2.28. The number of carbonyl (C=O) groups is 1. The quantitative estimate of drug-likeness (QED) is 0.436. The van der Waals surface area contributed by atoms with Crippen LogP contribution in [0.25, 0.3) is 0 Å². The van der Waals surface area contributed by atoms with Crippen LogP contribution in [-0.2, 0) is 4.79 Å². The topological polar surface area (TPSA) is 17.1 Å². The summed E-state index contributed by atoms with van der Waals surface area (Å²) >= 11 is 0. The predicted molar refractivity (Wildman–Crippen MR) is 46.2 cm³/mol. The van der Waals surface area contributed by atoms with Gasteiger partial charge in [0.1, 0.15) is 6.29 Å². The zero-order chi connectivity index (χ0) is 8.43. The van der Waals surface area contributed by atoms with Gasteiger partial charge in [0, 0.05) is 5.92 Å². The third-order valence-corrected chi connectivity index (χ3v) is 2.43. The summed E-state index contributed by atoms with van der Waals surface area (Å²) in [5.74, 6) is 0.472. The lowest BCUT2D eigenvalue weighted by Gasteiger charge is -2.15. The van der Waals surface area contributed by atoms with Crippen LogP contribution >= 0.6 is 0 Å². The van der Waals surface area contributed by atoms with E-state index >= 15 is 0 Å². The van der Waals surface area contributed by atoms with Crippen molar-refractivity contribution >= 4 is 6.29 Å². The highest BCUT2D eigenvalue weighted by molar-refractivity contribution is 5.61. The molecule has 0 fully saturated rings. The summed E-state index contributed by atoms with van der Waals surface area (Å²) in [6, 6.07) is 0. The van der Waals surface area contributed by atoms with Gasteiger partial charge in [0.25, 0.3) is 0 Å². The Morgan fingerprint density at radius 2 is 2.45 bits per heavy atom. The molecule has 2 atom stereocenters. The first-order chi connectivity index (χ1) is 5.16. The second kappa shape index (κ2) is 3.04. The minimum atomic E-state index is 0.104. The minimum absolute atomic E-state index is 0.104. The lowest BCUT2D eigenvalue weighted by molar-refractivity contribution is -0.110. The van der Waals surface area contributed by atoms with E-state index in [0.29, 0.717) is 5.92 Å². The van der Waals surface area contributed by atoms with E-state index in [4.69, 9.17) is 0 Å². The molecular weight excluding hydrogens is 136 g/mol. The van der Waals surface area contributed by atoms with Gasteiger partial charge in [-0.1, -0.05) is 23.8 Å². The highest BCUT2D eigenvalue weighted by Crippen LogP contribution is 2.34. The standard InChI is InChI=1S/C10H14O/c1-7(2)9-5-4-8(3)10(9)6-11/h4,6,9-10H,1,5H2,2-3H3/t9-,10-/m0/s1. The zero-order valence-electron chi connectivity index (χ0n) is 7.13. The fourth-order valence-electron chi connectivity index (χ4n) is 1.62. The van der Waals surface area contributed by atoms with Crippen molar-refractivity contribution in [2.45, 2.75) is 20.3 Å². The van der Waals surface area contributed by atoms with E-state index in [9.17, 15) is 4.79 Å². The Labute approximate surface area is 67.8 Å². The molecule has 1 nitrogen and oxygen atoms in total. The molecule has 11 heavy (non-hydrogen) atoms. The molecule has 60 valence electrons. The summed E-state index contributed by atoms with van der Waals surface area (Å²) in [7, 11) is 0. The Bertz CT molecular complexity index is 213. The first-order valence-corrected chi connectivity index (χ1v) is 3.94. The first kappa shape index (κ1) is 8.25. The molecule has 0 radical (unpaired) electrons. The SMILES string of the molecule is C=C(C)[C@@H]1CC=C(C)[C@@H]1C=O. The van der Waals surface area contributed by atoms with Gasteiger partial charge in [0.2, 0.25) is 0 Å². The lowest BCUT2D eigenvalue weighted by atomic mass is 9.88. The van der Waals surface area contributed by atoms with Gasteiger partial charge < -0.3 is 4.79 Å². The maximum atomic E-state index is 10.7. The molecule has 0 bridgehead atoms. The molecule has 0 saturated heterocycles. The van der Waals surface area contributed by atoms with Gasteiger partial charge in [-0.3, -0.25) is 0 Å². The zero-order valence-corrected chi connectivity index (χ0v) is 7.13. The Morgan fingerprint density at radius 3 is 2.82 bits per heavy atom. The maximum absolute atomic E-state index is 10.7. The van der Waals surface area contributed by atoms with Crippen LogP contribution in [0, 0.1) is 11.8 Å². The second-order valence-corrected chi connectivity index (χ2v) is 3.30. The van der Waals surface area contributed by atoms with Gasteiger partial charge >= 0.3 is 0 Å². The summed E-state index contributed by atoms with van der Waals surface area (Å²) in [5.41, 5.74) is 2.32. The summed E-state index contributed by atoms with van der Waals surface area (Å²) in [4.78, 5) is 10.7. The van der Waals surface area contributed by atoms with Crippen molar-refractivity contribution in [2.75, 3.05) is 0 Å². The molecule has 0 heterocycles. The molecule has 0 amide bonds. The third-order valence-electron chi connectivity index (χ3n) is 2.43. The van der Waals surface area contributed by atoms with Crippen LogP contribution in [0.5, 0.6) is 0 Å². The molecule has 0 N–H and O–H groups in total. The maximum Gasteiger partial charge on any atom is 0.127 e. The Morgan fingerprint density at radius 1 is 1.82 bits per heavy atom. The highest BCUT2D eigenvalue weighted by Gasteiger charge is 2.26. The van der Waals surface area contributed by atoms with Crippen molar-refractivity contribution in [1.29, 1.82) is 0 Å². The van der Waals surface area contributed by atoms with Crippen molar-refractivity contribution in [3.05, 3.63) is 23.8 Å². The second-order valence-electron chi connectivity index (χ2n) is 3.30. The number of hydrogen-bond acceptors (Lipinski definition) is 1. The number of carbonyl (C=O) groups excluding carboxylic acids is 1. The van der Waals surface area contributed by atoms with Gasteiger partial charge in [-0.05, 0) is 26.2 Å².